The minimum atomic E-state index is -4.18. The zero-order valence-corrected chi connectivity index (χ0v) is 15.0. The largest absolute Gasteiger partial charge is 0.326 e. The maximum atomic E-state index is 13.8. The summed E-state index contributed by atoms with van der Waals surface area (Å²) in [5.74, 6) is -3.01. The number of hydrogen-bond donors (Lipinski definition) is 1. The van der Waals surface area contributed by atoms with Gasteiger partial charge < -0.3 is 5.32 Å². The first-order valence-electron chi connectivity index (χ1n) is 8.29. The maximum Gasteiger partial charge on any atom is 0.246 e. The third kappa shape index (κ3) is 4.30. The van der Waals surface area contributed by atoms with Gasteiger partial charge in [0.05, 0.1) is 0 Å². The van der Waals surface area contributed by atoms with E-state index in [0.717, 1.165) is 16.4 Å². The van der Waals surface area contributed by atoms with Gasteiger partial charge in [0.15, 0.2) is 0 Å². The van der Waals surface area contributed by atoms with Gasteiger partial charge in [0.2, 0.25) is 15.9 Å². The fourth-order valence-corrected chi connectivity index (χ4v) is 4.50. The molecule has 0 atom stereocenters. The summed E-state index contributed by atoms with van der Waals surface area (Å²) in [6.07, 6.45) is 0.479. The molecule has 0 unspecified atom stereocenters. The molecule has 27 heavy (non-hydrogen) atoms. The SMILES string of the molecule is O=C(Nc1ccc(F)cc1)C1CCN(S(=O)(=O)c2cc(F)ccc2F)CC1. The van der Waals surface area contributed by atoms with Gasteiger partial charge in [-0.15, -0.1) is 0 Å². The van der Waals surface area contributed by atoms with Gasteiger partial charge in [-0.05, 0) is 55.3 Å². The molecule has 144 valence electrons. The number of hydrogen-bond acceptors (Lipinski definition) is 3. The number of anilines is 1. The first-order valence-corrected chi connectivity index (χ1v) is 9.73. The van der Waals surface area contributed by atoms with Crippen LogP contribution in [-0.2, 0) is 14.8 Å². The summed E-state index contributed by atoms with van der Waals surface area (Å²) in [6.45, 7) is 0.0274. The zero-order chi connectivity index (χ0) is 19.6. The van der Waals surface area contributed by atoms with E-state index >= 15 is 0 Å². The third-order valence-electron chi connectivity index (χ3n) is 4.45. The Balaban J connectivity index is 1.65. The second-order valence-corrected chi connectivity index (χ2v) is 8.16. The topological polar surface area (TPSA) is 66.5 Å². The second-order valence-electron chi connectivity index (χ2n) is 6.25. The Hall–Kier alpha value is -2.39. The molecule has 0 bridgehead atoms. The van der Waals surface area contributed by atoms with Crippen LogP contribution in [-0.4, -0.2) is 31.7 Å². The lowest BCUT2D eigenvalue weighted by molar-refractivity contribution is -0.120. The van der Waals surface area contributed by atoms with E-state index in [0.29, 0.717) is 11.8 Å². The molecule has 1 aliphatic rings. The fraction of sp³-hybridized carbons (Fsp3) is 0.278. The number of benzene rings is 2. The number of sulfonamides is 1. The van der Waals surface area contributed by atoms with Crippen molar-refractivity contribution in [2.75, 3.05) is 18.4 Å². The second kappa shape index (κ2) is 7.69. The lowest BCUT2D eigenvalue weighted by Crippen LogP contribution is -2.41. The molecule has 9 heteroatoms. The van der Waals surface area contributed by atoms with E-state index in [1.807, 2.05) is 0 Å². The van der Waals surface area contributed by atoms with Crippen LogP contribution in [0.3, 0.4) is 0 Å². The van der Waals surface area contributed by atoms with Crippen LogP contribution in [0.2, 0.25) is 0 Å². The van der Waals surface area contributed by atoms with Crippen LogP contribution >= 0.6 is 0 Å². The molecule has 1 saturated heterocycles. The quantitative estimate of drug-likeness (QED) is 0.861. The Labute approximate surface area is 154 Å². The van der Waals surface area contributed by atoms with Crippen molar-refractivity contribution in [3.8, 4) is 0 Å². The predicted octanol–water partition coefficient (Wildman–Crippen LogP) is 3.14. The van der Waals surface area contributed by atoms with Crippen LogP contribution in [0.5, 0.6) is 0 Å². The van der Waals surface area contributed by atoms with Crippen LogP contribution < -0.4 is 5.32 Å². The minimum Gasteiger partial charge on any atom is -0.326 e. The van der Waals surface area contributed by atoms with Crippen LogP contribution in [0.15, 0.2) is 47.4 Å². The number of carbonyl (C=O) groups is 1. The molecule has 2 aromatic carbocycles. The highest BCUT2D eigenvalue weighted by Crippen LogP contribution is 2.26. The van der Waals surface area contributed by atoms with Crippen molar-refractivity contribution in [1.82, 2.24) is 4.31 Å². The van der Waals surface area contributed by atoms with Gasteiger partial charge in [0.25, 0.3) is 0 Å². The number of amides is 1. The average molecular weight is 398 g/mol. The van der Waals surface area contributed by atoms with Gasteiger partial charge in [-0.2, -0.15) is 4.31 Å². The van der Waals surface area contributed by atoms with Crippen molar-refractivity contribution in [1.29, 1.82) is 0 Å². The first-order chi connectivity index (χ1) is 12.8. The van der Waals surface area contributed by atoms with Gasteiger partial charge >= 0.3 is 0 Å². The summed E-state index contributed by atoms with van der Waals surface area (Å²) in [5.41, 5.74) is 0.443. The van der Waals surface area contributed by atoms with Crippen molar-refractivity contribution < 1.29 is 26.4 Å². The molecular weight excluding hydrogens is 381 g/mol. The lowest BCUT2D eigenvalue weighted by Gasteiger charge is -2.30. The van der Waals surface area contributed by atoms with Crippen molar-refractivity contribution in [2.45, 2.75) is 17.7 Å². The summed E-state index contributed by atoms with van der Waals surface area (Å²) < 4.78 is 66.2. The summed E-state index contributed by atoms with van der Waals surface area (Å²) in [6, 6.07) is 7.57. The Morgan fingerprint density at radius 2 is 1.56 bits per heavy atom. The molecule has 1 N–H and O–H groups in total. The number of halogens is 3. The molecule has 2 aromatic rings. The monoisotopic (exact) mass is 398 g/mol. The highest BCUT2D eigenvalue weighted by molar-refractivity contribution is 7.89. The van der Waals surface area contributed by atoms with Crippen molar-refractivity contribution >= 4 is 21.6 Å². The van der Waals surface area contributed by atoms with Crippen molar-refractivity contribution in [3.05, 3.63) is 59.9 Å². The number of rotatable bonds is 4. The summed E-state index contributed by atoms with van der Waals surface area (Å²) in [5, 5.41) is 2.66. The molecule has 0 aromatic heterocycles. The van der Waals surface area contributed by atoms with Gasteiger partial charge in [0, 0.05) is 24.7 Å². The fourth-order valence-electron chi connectivity index (χ4n) is 2.95. The maximum absolute atomic E-state index is 13.8. The van der Waals surface area contributed by atoms with E-state index in [1.165, 1.54) is 24.3 Å². The molecule has 0 saturated carbocycles. The number of nitrogens with zero attached hydrogens (tertiary/aromatic N) is 1. The molecule has 1 fully saturated rings. The molecule has 0 spiro atoms. The Morgan fingerprint density at radius 3 is 2.19 bits per heavy atom. The number of nitrogens with one attached hydrogen (secondary N) is 1. The predicted molar refractivity (Wildman–Crippen MR) is 92.9 cm³/mol. The average Bonchev–Trinajstić information content (AvgIpc) is 2.65. The van der Waals surface area contributed by atoms with Gasteiger partial charge in [-0.3, -0.25) is 4.79 Å². The molecule has 0 radical (unpaired) electrons. The first kappa shape index (κ1) is 19.4. The molecule has 1 heterocycles. The number of carbonyl (C=O) groups excluding carboxylic acids is 1. The van der Waals surface area contributed by atoms with Gasteiger partial charge in [-0.1, -0.05) is 0 Å². The highest BCUT2D eigenvalue weighted by atomic mass is 32.2. The van der Waals surface area contributed by atoms with E-state index in [9.17, 15) is 26.4 Å². The molecule has 0 aliphatic carbocycles. The van der Waals surface area contributed by atoms with E-state index in [2.05, 4.69) is 5.32 Å². The Morgan fingerprint density at radius 1 is 0.963 bits per heavy atom. The summed E-state index contributed by atoms with van der Waals surface area (Å²) in [7, 11) is -4.18. The van der Waals surface area contributed by atoms with Crippen molar-refractivity contribution in [2.24, 2.45) is 5.92 Å². The standard InChI is InChI=1S/C18H17F3N2O3S/c19-13-1-4-15(5-2-13)22-18(24)12-7-9-23(10-8-12)27(25,26)17-11-14(20)3-6-16(17)21/h1-6,11-12H,7-10H2,(H,22,24). The summed E-state index contributed by atoms with van der Waals surface area (Å²) >= 11 is 0. The zero-order valence-electron chi connectivity index (χ0n) is 14.2. The van der Waals surface area contributed by atoms with Gasteiger partial charge in [-0.25, -0.2) is 21.6 Å². The molecule has 5 nitrogen and oxygen atoms in total. The summed E-state index contributed by atoms with van der Waals surface area (Å²) in [4.78, 5) is 11.6. The van der Waals surface area contributed by atoms with E-state index in [4.69, 9.17) is 0 Å². The van der Waals surface area contributed by atoms with E-state index in [1.54, 1.807) is 0 Å². The van der Waals surface area contributed by atoms with Crippen LogP contribution in [0.25, 0.3) is 0 Å². The minimum absolute atomic E-state index is 0.0137. The van der Waals surface area contributed by atoms with E-state index < -0.39 is 38.3 Å². The lowest BCUT2D eigenvalue weighted by atomic mass is 9.97. The van der Waals surface area contributed by atoms with Crippen LogP contribution in [0, 0.1) is 23.4 Å². The van der Waals surface area contributed by atoms with Gasteiger partial charge in [0.1, 0.15) is 22.3 Å². The smallest absolute Gasteiger partial charge is 0.246 e. The third-order valence-corrected chi connectivity index (χ3v) is 6.36. The molecule has 3 rings (SSSR count). The Bertz CT molecular complexity index is 941. The van der Waals surface area contributed by atoms with E-state index in [-0.39, 0.29) is 31.8 Å². The Kier molecular flexibility index (Phi) is 5.52. The van der Waals surface area contributed by atoms with Crippen LogP contribution in [0.4, 0.5) is 18.9 Å². The molecule has 1 amide bonds. The molecular formula is C18H17F3N2O3S. The van der Waals surface area contributed by atoms with Crippen molar-refractivity contribution in [3.63, 3.8) is 0 Å². The van der Waals surface area contributed by atoms with Crippen LogP contribution in [0.1, 0.15) is 12.8 Å². The molecule has 1 aliphatic heterocycles. The normalized spacial score (nSPS) is 16.3. The number of piperidine rings is 1. The highest BCUT2D eigenvalue weighted by Gasteiger charge is 2.33.